The molecule has 0 aliphatic heterocycles. The Bertz CT molecular complexity index is 889. The molecule has 3 rings (SSSR count). The number of benzene rings is 2. The summed E-state index contributed by atoms with van der Waals surface area (Å²) in [4.78, 5) is 8.00. The van der Waals surface area contributed by atoms with Crippen LogP contribution < -0.4 is 10.6 Å². The average molecular weight is 395 g/mol. The molecule has 0 fully saturated rings. The smallest absolute Gasteiger partial charge is 0.196 e. The van der Waals surface area contributed by atoms with Gasteiger partial charge in [0, 0.05) is 10.5 Å². The SMILES string of the molecule is Fc1ccc(Nc2cc(Nc3ccccc3Br)ncn2)c(F)c1F. The summed E-state index contributed by atoms with van der Waals surface area (Å²) >= 11 is 3.40. The molecular weight excluding hydrogens is 385 g/mol. The molecule has 0 unspecified atom stereocenters. The van der Waals surface area contributed by atoms with Crippen molar-refractivity contribution in [3.05, 3.63) is 70.7 Å². The van der Waals surface area contributed by atoms with Gasteiger partial charge in [0.05, 0.1) is 11.4 Å². The van der Waals surface area contributed by atoms with Gasteiger partial charge >= 0.3 is 0 Å². The van der Waals surface area contributed by atoms with Gasteiger partial charge in [-0.3, -0.25) is 0 Å². The number of halogens is 4. The van der Waals surface area contributed by atoms with Crippen molar-refractivity contribution in [2.24, 2.45) is 0 Å². The van der Waals surface area contributed by atoms with E-state index in [1.807, 2.05) is 24.3 Å². The molecule has 0 spiro atoms. The standard InChI is InChI=1S/C16H10BrF3N4/c17-9-3-1-2-4-11(9)23-13-7-14(22-8-21-13)24-12-6-5-10(18)15(19)16(12)20/h1-8H,(H2,21,22,23,24). The van der Waals surface area contributed by atoms with E-state index in [4.69, 9.17) is 0 Å². The number of rotatable bonds is 4. The molecule has 24 heavy (non-hydrogen) atoms. The van der Waals surface area contributed by atoms with Crippen molar-refractivity contribution in [3.8, 4) is 0 Å². The first kappa shape index (κ1) is 16.3. The third-order valence-electron chi connectivity index (χ3n) is 3.10. The third-order valence-corrected chi connectivity index (χ3v) is 3.79. The topological polar surface area (TPSA) is 49.8 Å². The lowest BCUT2D eigenvalue weighted by Crippen LogP contribution is -2.02. The van der Waals surface area contributed by atoms with Crippen molar-refractivity contribution in [3.63, 3.8) is 0 Å². The molecule has 2 aromatic carbocycles. The maximum atomic E-state index is 13.7. The molecule has 0 radical (unpaired) electrons. The Morgan fingerprint density at radius 1 is 0.792 bits per heavy atom. The molecule has 8 heteroatoms. The molecule has 2 N–H and O–H groups in total. The Hall–Kier alpha value is -2.61. The van der Waals surface area contributed by atoms with E-state index in [1.165, 1.54) is 12.4 Å². The van der Waals surface area contributed by atoms with Gasteiger partial charge in [-0.2, -0.15) is 0 Å². The Morgan fingerprint density at radius 3 is 2.17 bits per heavy atom. The monoisotopic (exact) mass is 394 g/mol. The zero-order valence-corrected chi connectivity index (χ0v) is 13.6. The van der Waals surface area contributed by atoms with Crippen LogP contribution in [0, 0.1) is 17.5 Å². The molecule has 4 nitrogen and oxygen atoms in total. The van der Waals surface area contributed by atoms with E-state index in [9.17, 15) is 13.2 Å². The van der Waals surface area contributed by atoms with Crippen molar-refractivity contribution in [2.75, 3.05) is 10.6 Å². The lowest BCUT2D eigenvalue weighted by Gasteiger charge is -2.10. The van der Waals surface area contributed by atoms with Crippen LogP contribution in [0.5, 0.6) is 0 Å². The number of nitrogens with one attached hydrogen (secondary N) is 2. The Balaban J connectivity index is 1.84. The number of anilines is 4. The lowest BCUT2D eigenvalue weighted by atomic mass is 10.2. The van der Waals surface area contributed by atoms with Crippen LogP contribution in [0.4, 0.5) is 36.2 Å². The van der Waals surface area contributed by atoms with Gasteiger partial charge in [0.2, 0.25) is 0 Å². The summed E-state index contributed by atoms with van der Waals surface area (Å²) in [6.07, 6.45) is 1.26. The maximum absolute atomic E-state index is 13.7. The highest BCUT2D eigenvalue weighted by molar-refractivity contribution is 9.10. The third kappa shape index (κ3) is 3.48. The molecule has 1 aromatic heterocycles. The summed E-state index contributed by atoms with van der Waals surface area (Å²) in [5.41, 5.74) is 0.556. The second-order valence-corrected chi connectivity index (χ2v) is 5.60. The first-order chi connectivity index (χ1) is 11.5. The molecule has 122 valence electrons. The van der Waals surface area contributed by atoms with E-state index in [1.54, 1.807) is 0 Å². The molecule has 0 aliphatic rings. The maximum Gasteiger partial charge on any atom is 0.196 e. The quantitative estimate of drug-likeness (QED) is 0.601. The van der Waals surface area contributed by atoms with Gasteiger partial charge in [0.15, 0.2) is 17.5 Å². The highest BCUT2D eigenvalue weighted by Gasteiger charge is 2.14. The number of hydrogen-bond acceptors (Lipinski definition) is 4. The van der Waals surface area contributed by atoms with Gasteiger partial charge in [-0.25, -0.2) is 23.1 Å². The van der Waals surface area contributed by atoms with Gasteiger partial charge in [0.1, 0.15) is 18.0 Å². The zero-order chi connectivity index (χ0) is 17.1. The molecule has 0 amide bonds. The largest absolute Gasteiger partial charge is 0.339 e. The Morgan fingerprint density at radius 2 is 1.46 bits per heavy atom. The molecule has 1 heterocycles. The van der Waals surface area contributed by atoms with Crippen LogP contribution in [-0.2, 0) is 0 Å². The molecular formula is C16H10BrF3N4. The fraction of sp³-hybridized carbons (Fsp3) is 0. The van der Waals surface area contributed by atoms with Crippen molar-refractivity contribution in [1.29, 1.82) is 0 Å². The predicted octanol–water partition coefficient (Wildman–Crippen LogP) is 5.14. The van der Waals surface area contributed by atoms with Crippen LogP contribution in [0.1, 0.15) is 0 Å². The molecule has 0 atom stereocenters. The van der Waals surface area contributed by atoms with Crippen LogP contribution in [0.15, 0.2) is 53.3 Å². The highest BCUT2D eigenvalue weighted by atomic mass is 79.9. The van der Waals surface area contributed by atoms with Gasteiger partial charge in [-0.1, -0.05) is 12.1 Å². The minimum atomic E-state index is -1.54. The molecule has 0 saturated heterocycles. The summed E-state index contributed by atoms with van der Waals surface area (Å²) in [6, 6.07) is 10.9. The Labute approximate surface area is 143 Å². The van der Waals surface area contributed by atoms with Crippen molar-refractivity contribution < 1.29 is 13.2 Å². The normalized spacial score (nSPS) is 10.5. The van der Waals surface area contributed by atoms with E-state index in [-0.39, 0.29) is 11.5 Å². The van der Waals surface area contributed by atoms with Crippen LogP contribution in [0.2, 0.25) is 0 Å². The van der Waals surface area contributed by atoms with Crippen LogP contribution >= 0.6 is 15.9 Å². The van der Waals surface area contributed by atoms with Gasteiger partial charge in [0.25, 0.3) is 0 Å². The van der Waals surface area contributed by atoms with E-state index < -0.39 is 17.5 Å². The first-order valence-electron chi connectivity index (χ1n) is 6.78. The fourth-order valence-corrected chi connectivity index (χ4v) is 2.34. The summed E-state index contributed by atoms with van der Waals surface area (Å²) in [6.45, 7) is 0. The highest BCUT2D eigenvalue weighted by Crippen LogP contribution is 2.26. The number of aromatic nitrogens is 2. The minimum Gasteiger partial charge on any atom is -0.339 e. The van der Waals surface area contributed by atoms with E-state index in [0.29, 0.717) is 5.82 Å². The van der Waals surface area contributed by atoms with Crippen molar-refractivity contribution in [1.82, 2.24) is 9.97 Å². The second-order valence-electron chi connectivity index (χ2n) is 4.74. The zero-order valence-electron chi connectivity index (χ0n) is 12.0. The molecule has 0 bridgehead atoms. The Kier molecular flexibility index (Phi) is 4.66. The van der Waals surface area contributed by atoms with Crippen molar-refractivity contribution in [2.45, 2.75) is 0 Å². The number of para-hydroxylation sites is 1. The average Bonchev–Trinajstić information content (AvgIpc) is 2.58. The van der Waals surface area contributed by atoms with Crippen LogP contribution in [0.3, 0.4) is 0 Å². The summed E-state index contributed by atoms with van der Waals surface area (Å²) in [7, 11) is 0. The van der Waals surface area contributed by atoms with Gasteiger partial charge in [-0.05, 0) is 40.2 Å². The lowest BCUT2D eigenvalue weighted by molar-refractivity contribution is 0.449. The molecule has 3 aromatic rings. The fourth-order valence-electron chi connectivity index (χ4n) is 1.95. The van der Waals surface area contributed by atoms with E-state index in [2.05, 4.69) is 36.5 Å². The number of hydrogen-bond donors (Lipinski definition) is 2. The summed E-state index contributed by atoms with van der Waals surface area (Å²) in [5.74, 6) is -3.43. The van der Waals surface area contributed by atoms with Gasteiger partial charge < -0.3 is 10.6 Å². The van der Waals surface area contributed by atoms with Crippen LogP contribution in [-0.4, -0.2) is 9.97 Å². The van der Waals surface area contributed by atoms with E-state index >= 15 is 0 Å². The number of nitrogens with zero attached hydrogens (tertiary/aromatic N) is 2. The second kappa shape index (κ2) is 6.88. The molecule has 0 saturated carbocycles. The van der Waals surface area contributed by atoms with Gasteiger partial charge in [-0.15, -0.1) is 0 Å². The minimum absolute atomic E-state index is 0.223. The summed E-state index contributed by atoms with van der Waals surface area (Å²) in [5, 5.41) is 5.66. The van der Waals surface area contributed by atoms with Crippen LogP contribution in [0.25, 0.3) is 0 Å². The van der Waals surface area contributed by atoms with Crippen molar-refractivity contribution >= 4 is 38.9 Å². The molecule has 0 aliphatic carbocycles. The first-order valence-corrected chi connectivity index (χ1v) is 7.58. The van der Waals surface area contributed by atoms with E-state index in [0.717, 1.165) is 22.3 Å². The predicted molar refractivity (Wildman–Crippen MR) is 89.1 cm³/mol. The summed E-state index contributed by atoms with van der Waals surface area (Å²) < 4.78 is 40.8.